The fraction of sp³-hybridized carbons (Fsp3) is 0.680. The minimum atomic E-state index is -0.834. The van der Waals surface area contributed by atoms with Gasteiger partial charge in [-0.2, -0.15) is 0 Å². The molecule has 1 fully saturated rings. The van der Waals surface area contributed by atoms with Gasteiger partial charge in [0.2, 0.25) is 0 Å². The molecule has 0 spiro atoms. The molecule has 1 aromatic heterocycles. The molecule has 1 aromatic rings. The number of hydrogen-bond acceptors (Lipinski definition) is 12. The Bertz CT molecular complexity index is 1260. The molecule has 240 valence electrons. The first-order chi connectivity index (χ1) is 20.5. The topological polar surface area (TPSA) is 219 Å². The highest BCUT2D eigenvalue weighted by atomic mass is 33.1. The van der Waals surface area contributed by atoms with E-state index in [1.54, 1.807) is 26.8 Å². The summed E-state index contributed by atoms with van der Waals surface area (Å²) in [6, 6.07) is 0. The van der Waals surface area contributed by atoms with Crippen LogP contribution in [0.15, 0.2) is 27.0 Å². The SMILES string of the molecule is CC/C(=C\CNC(=O)OCCSSCCNC(=O)OC(C)(C)C)c1cn([C@H]2CC(OCN=[N+]=[N-])[C@@H](CO)O2)c(=O)[nH]c1=O. The second-order valence-corrected chi connectivity index (χ2v) is 12.7. The Morgan fingerprint density at radius 1 is 1.28 bits per heavy atom. The number of carbonyl (C=O) groups is 2. The molecule has 0 aliphatic carbocycles. The Kier molecular flexibility index (Phi) is 15.5. The molecule has 1 unspecified atom stereocenters. The molecule has 18 heteroatoms. The number of allylic oxidation sites excluding steroid dienone is 1. The lowest BCUT2D eigenvalue weighted by Gasteiger charge is -2.19. The highest BCUT2D eigenvalue weighted by Gasteiger charge is 2.37. The molecule has 1 aliphatic heterocycles. The number of amides is 2. The number of rotatable bonds is 16. The average molecular weight is 646 g/mol. The Morgan fingerprint density at radius 3 is 2.70 bits per heavy atom. The summed E-state index contributed by atoms with van der Waals surface area (Å²) >= 11 is 0. The number of nitrogens with one attached hydrogen (secondary N) is 3. The highest BCUT2D eigenvalue weighted by Crippen LogP contribution is 2.30. The zero-order valence-corrected chi connectivity index (χ0v) is 26.2. The predicted molar refractivity (Wildman–Crippen MR) is 163 cm³/mol. The molecule has 0 bridgehead atoms. The van der Waals surface area contributed by atoms with E-state index >= 15 is 0 Å². The second kappa shape index (κ2) is 18.5. The number of aromatic nitrogens is 2. The van der Waals surface area contributed by atoms with Gasteiger partial charge in [-0.15, -0.1) is 0 Å². The normalized spacial score (nSPS) is 18.5. The van der Waals surface area contributed by atoms with E-state index in [-0.39, 0.29) is 38.5 Å². The van der Waals surface area contributed by atoms with Crippen LogP contribution in [-0.2, 0) is 18.9 Å². The summed E-state index contributed by atoms with van der Waals surface area (Å²) in [7, 11) is 3.03. The third-order valence-corrected chi connectivity index (χ3v) is 8.08. The number of azide groups is 1. The first-order valence-electron chi connectivity index (χ1n) is 13.5. The molecule has 2 heterocycles. The number of ether oxygens (including phenoxy) is 4. The summed E-state index contributed by atoms with van der Waals surface area (Å²) in [5.41, 5.74) is 7.40. The Morgan fingerprint density at radius 2 is 2.02 bits per heavy atom. The lowest BCUT2D eigenvalue weighted by atomic mass is 10.1. The molecule has 3 atom stereocenters. The first kappa shape index (κ1) is 36.0. The van der Waals surface area contributed by atoms with Gasteiger partial charge in [-0.3, -0.25) is 14.3 Å². The zero-order valence-electron chi connectivity index (χ0n) is 24.6. The van der Waals surface area contributed by atoms with E-state index in [0.29, 0.717) is 30.0 Å². The number of aliphatic hydroxyl groups is 1. The van der Waals surface area contributed by atoms with E-state index in [9.17, 15) is 24.3 Å². The molecule has 2 rings (SSSR count). The Hall–Kier alpha value is -3.15. The fourth-order valence-corrected chi connectivity index (χ4v) is 5.58. The number of alkyl carbamates (subject to hydrolysis) is 2. The van der Waals surface area contributed by atoms with Crippen LogP contribution in [0.4, 0.5) is 9.59 Å². The predicted octanol–water partition coefficient (Wildman–Crippen LogP) is 2.90. The quantitative estimate of drug-likeness (QED) is 0.0673. The van der Waals surface area contributed by atoms with Gasteiger partial charge in [0, 0.05) is 42.1 Å². The Balaban J connectivity index is 1.82. The van der Waals surface area contributed by atoms with Crippen molar-refractivity contribution in [3.8, 4) is 0 Å². The van der Waals surface area contributed by atoms with Crippen LogP contribution in [-0.4, -0.2) is 89.2 Å². The van der Waals surface area contributed by atoms with Gasteiger partial charge in [0.25, 0.3) is 5.56 Å². The van der Waals surface area contributed by atoms with E-state index in [1.165, 1.54) is 32.4 Å². The molecule has 16 nitrogen and oxygen atoms in total. The van der Waals surface area contributed by atoms with Crippen LogP contribution in [0.25, 0.3) is 16.0 Å². The molecule has 1 aliphatic rings. The van der Waals surface area contributed by atoms with Crippen molar-refractivity contribution in [1.82, 2.24) is 20.2 Å². The van der Waals surface area contributed by atoms with E-state index in [2.05, 4.69) is 25.6 Å². The van der Waals surface area contributed by atoms with Gasteiger partial charge in [0.1, 0.15) is 31.3 Å². The van der Waals surface area contributed by atoms with Gasteiger partial charge in [-0.05, 0) is 38.3 Å². The minimum Gasteiger partial charge on any atom is -0.449 e. The van der Waals surface area contributed by atoms with Gasteiger partial charge in [0.15, 0.2) is 0 Å². The van der Waals surface area contributed by atoms with Gasteiger partial charge < -0.3 is 34.7 Å². The number of aliphatic hydroxyl groups excluding tert-OH is 1. The van der Waals surface area contributed by atoms with Crippen LogP contribution in [0, 0.1) is 0 Å². The van der Waals surface area contributed by atoms with E-state index < -0.39 is 47.5 Å². The maximum atomic E-state index is 12.6. The van der Waals surface area contributed by atoms with Crippen molar-refractivity contribution in [2.45, 2.75) is 64.6 Å². The van der Waals surface area contributed by atoms with Gasteiger partial charge >= 0.3 is 17.9 Å². The fourth-order valence-electron chi connectivity index (χ4n) is 3.84. The maximum Gasteiger partial charge on any atom is 0.407 e. The molecule has 2 amide bonds. The standard InChI is InChI=1S/C25H39N7O9S2/c1-5-16(6-7-27-23(36)38-9-11-43-42-10-8-28-24(37)41-25(2,3)4)17-13-32(22(35)30-21(17)34)20-12-18(19(14-33)40-20)39-15-29-31-26/h6,13,18-20,33H,5,7-12,14-15H2,1-4H3,(H,27,36)(H,28,37)(H,30,34,35)/b16-6+/t18?,19-,20-/m1/s1. The lowest BCUT2D eigenvalue weighted by molar-refractivity contribution is -0.0612. The number of nitrogens with zero attached hydrogens (tertiary/aromatic N) is 4. The molecule has 43 heavy (non-hydrogen) atoms. The van der Waals surface area contributed by atoms with Crippen molar-refractivity contribution < 1.29 is 33.6 Å². The maximum absolute atomic E-state index is 12.6. The van der Waals surface area contributed by atoms with Crippen molar-refractivity contribution in [3.05, 3.63) is 49.1 Å². The average Bonchev–Trinajstić information content (AvgIpc) is 3.35. The largest absolute Gasteiger partial charge is 0.449 e. The minimum absolute atomic E-state index is 0.0840. The van der Waals surface area contributed by atoms with Crippen LogP contribution in [0.1, 0.15) is 52.3 Å². The summed E-state index contributed by atoms with van der Waals surface area (Å²) in [5.74, 6) is 1.21. The monoisotopic (exact) mass is 645 g/mol. The van der Waals surface area contributed by atoms with Gasteiger partial charge in [-0.1, -0.05) is 39.7 Å². The third-order valence-electron chi connectivity index (χ3n) is 5.71. The number of carbonyl (C=O) groups excluding carboxylic acids is 2. The van der Waals surface area contributed by atoms with E-state index in [1.807, 2.05) is 6.92 Å². The molecule has 0 radical (unpaired) electrons. The molecular weight excluding hydrogens is 606 g/mol. The van der Waals surface area contributed by atoms with Gasteiger partial charge in [0.05, 0.1) is 18.3 Å². The summed E-state index contributed by atoms with van der Waals surface area (Å²) in [5, 5.41) is 18.2. The van der Waals surface area contributed by atoms with Gasteiger partial charge in [-0.25, -0.2) is 14.4 Å². The third kappa shape index (κ3) is 12.9. The highest BCUT2D eigenvalue weighted by molar-refractivity contribution is 8.76. The Labute approximate surface area is 256 Å². The van der Waals surface area contributed by atoms with Crippen molar-refractivity contribution >= 4 is 39.3 Å². The van der Waals surface area contributed by atoms with Crippen LogP contribution in [0.3, 0.4) is 0 Å². The van der Waals surface area contributed by atoms with E-state index in [4.69, 9.17) is 24.5 Å². The number of H-pyrrole nitrogens is 1. The second-order valence-electron chi connectivity index (χ2n) is 9.99. The summed E-state index contributed by atoms with van der Waals surface area (Å²) < 4.78 is 22.7. The van der Waals surface area contributed by atoms with Crippen LogP contribution in [0.2, 0.25) is 0 Å². The van der Waals surface area contributed by atoms with Crippen LogP contribution < -0.4 is 21.9 Å². The number of hydrogen-bond donors (Lipinski definition) is 4. The van der Waals surface area contributed by atoms with Crippen LogP contribution >= 0.6 is 21.6 Å². The van der Waals surface area contributed by atoms with Crippen molar-refractivity contribution in [3.63, 3.8) is 0 Å². The molecule has 0 saturated carbocycles. The summed E-state index contributed by atoms with van der Waals surface area (Å²) in [6.07, 6.45) is 0.333. The van der Waals surface area contributed by atoms with Crippen molar-refractivity contribution in [2.75, 3.05) is 44.5 Å². The summed E-state index contributed by atoms with van der Waals surface area (Å²) in [6.45, 7) is 7.28. The smallest absolute Gasteiger partial charge is 0.407 e. The lowest BCUT2D eigenvalue weighted by Crippen LogP contribution is -2.34. The zero-order chi connectivity index (χ0) is 31.8. The first-order valence-corrected chi connectivity index (χ1v) is 16.0. The van der Waals surface area contributed by atoms with E-state index in [0.717, 1.165) is 0 Å². The molecule has 4 N–H and O–H groups in total. The van der Waals surface area contributed by atoms with Crippen molar-refractivity contribution in [2.24, 2.45) is 5.11 Å². The molecule has 1 saturated heterocycles. The molecule has 0 aromatic carbocycles. The number of aromatic amines is 1. The summed E-state index contributed by atoms with van der Waals surface area (Å²) in [4.78, 5) is 53.7. The van der Waals surface area contributed by atoms with Crippen molar-refractivity contribution in [1.29, 1.82) is 0 Å². The molecular formula is C25H39N7O9S2. The van der Waals surface area contributed by atoms with Crippen LogP contribution in [0.5, 0.6) is 0 Å².